The normalized spacial score (nSPS) is 14.7. The predicted molar refractivity (Wildman–Crippen MR) is 117 cm³/mol. The monoisotopic (exact) mass is 466 g/mol. The van der Waals surface area contributed by atoms with Crippen LogP contribution in [0.25, 0.3) is 10.1 Å². The zero-order valence-corrected chi connectivity index (χ0v) is 18.4. The van der Waals surface area contributed by atoms with Gasteiger partial charge in [-0.1, -0.05) is 11.6 Å². The van der Waals surface area contributed by atoms with Crippen molar-refractivity contribution in [1.82, 2.24) is 4.90 Å². The van der Waals surface area contributed by atoms with Crippen LogP contribution in [-0.2, 0) is 14.8 Å². The van der Waals surface area contributed by atoms with E-state index in [1.807, 2.05) is 0 Å². The summed E-state index contributed by atoms with van der Waals surface area (Å²) >= 11 is 7.44. The number of methoxy groups -OCH3 is 1. The third-order valence-electron chi connectivity index (χ3n) is 4.71. The minimum atomic E-state index is -3.83. The summed E-state index contributed by atoms with van der Waals surface area (Å²) in [7, 11) is -2.37. The Morgan fingerprint density at radius 1 is 1.17 bits per heavy atom. The van der Waals surface area contributed by atoms with Crippen molar-refractivity contribution in [2.45, 2.75) is 4.90 Å². The first-order valence-corrected chi connectivity index (χ1v) is 11.8. The molecule has 30 heavy (non-hydrogen) atoms. The Labute approximate surface area is 183 Å². The molecule has 1 saturated heterocycles. The molecular formula is C20H19ClN2O5S2. The molecule has 2 aromatic carbocycles. The van der Waals surface area contributed by atoms with Gasteiger partial charge in [0, 0.05) is 23.5 Å². The van der Waals surface area contributed by atoms with Gasteiger partial charge in [-0.2, -0.15) is 0 Å². The van der Waals surface area contributed by atoms with Crippen molar-refractivity contribution in [3.8, 4) is 5.75 Å². The number of hydrogen-bond donors (Lipinski definition) is 1. The summed E-state index contributed by atoms with van der Waals surface area (Å²) in [5.74, 6) is 0.363. The molecule has 1 fully saturated rings. The van der Waals surface area contributed by atoms with E-state index >= 15 is 0 Å². The molecule has 1 aromatic heterocycles. The van der Waals surface area contributed by atoms with E-state index in [0.29, 0.717) is 42.6 Å². The molecule has 7 nitrogen and oxygen atoms in total. The average Bonchev–Trinajstić information content (AvgIpc) is 3.17. The van der Waals surface area contributed by atoms with Gasteiger partial charge in [0.15, 0.2) is 0 Å². The standard InChI is InChI=1S/C20H19ClN2O5S2/c1-27-17-4-3-15(12-16(17)21)30(25,26)22-14-2-5-18-13(10-14)11-19(29-18)20(24)23-6-8-28-9-7-23/h2-5,10-12,22H,6-9H2,1H3. The zero-order chi connectivity index (χ0) is 21.3. The molecule has 1 N–H and O–H groups in total. The molecule has 0 spiro atoms. The summed E-state index contributed by atoms with van der Waals surface area (Å²) in [6.45, 7) is 2.22. The molecule has 3 aromatic rings. The topological polar surface area (TPSA) is 84.9 Å². The highest BCUT2D eigenvalue weighted by Gasteiger charge is 2.21. The quantitative estimate of drug-likeness (QED) is 0.617. The second-order valence-corrected chi connectivity index (χ2v) is 9.84. The fourth-order valence-corrected chi connectivity index (χ4v) is 5.57. The van der Waals surface area contributed by atoms with E-state index in [-0.39, 0.29) is 15.8 Å². The maximum atomic E-state index is 12.7. The van der Waals surface area contributed by atoms with Crippen molar-refractivity contribution in [3.63, 3.8) is 0 Å². The van der Waals surface area contributed by atoms with Crippen molar-refractivity contribution in [1.29, 1.82) is 0 Å². The lowest BCUT2D eigenvalue weighted by atomic mass is 10.2. The Balaban J connectivity index is 1.57. The summed E-state index contributed by atoms with van der Waals surface area (Å²) in [5, 5.41) is 1.00. The number of nitrogens with one attached hydrogen (secondary N) is 1. The maximum Gasteiger partial charge on any atom is 0.264 e. The lowest BCUT2D eigenvalue weighted by Gasteiger charge is -2.26. The average molecular weight is 467 g/mol. The fraction of sp³-hybridized carbons (Fsp3) is 0.250. The van der Waals surface area contributed by atoms with Gasteiger partial charge in [-0.15, -0.1) is 11.3 Å². The molecular weight excluding hydrogens is 448 g/mol. The van der Waals surface area contributed by atoms with E-state index < -0.39 is 10.0 Å². The summed E-state index contributed by atoms with van der Waals surface area (Å²) < 4.78 is 39.3. The molecule has 0 unspecified atom stereocenters. The molecule has 4 rings (SSSR count). The van der Waals surface area contributed by atoms with Crippen molar-refractivity contribution in [2.24, 2.45) is 0 Å². The fourth-order valence-electron chi connectivity index (χ4n) is 3.16. The number of amides is 1. The number of fused-ring (bicyclic) bond motifs is 1. The number of morpholine rings is 1. The van der Waals surface area contributed by atoms with Crippen molar-refractivity contribution in [2.75, 3.05) is 38.1 Å². The zero-order valence-electron chi connectivity index (χ0n) is 16.1. The molecule has 10 heteroatoms. The molecule has 2 heterocycles. The second-order valence-electron chi connectivity index (χ2n) is 6.67. The number of nitrogens with zero attached hydrogens (tertiary/aromatic N) is 1. The van der Waals surface area contributed by atoms with Crippen molar-refractivity contribution in [3.05, 3.63) is 52.4 Å². The van der Waals surface area contributed by atoms with Gasteiger partial charge in [0.2, 0.25) is 0 Å². The minimum Gasteiger partial charge on any atom is -0.495 e. The Morgan fingerprint density at radius 2 is 1.93 bits per heavy atom. The Kier molecular flexibility index (Phi) is 5.88. The number of benzene rings is 2. The predicted octanol–water partition coefficient (Wildman–Crippen LogP) is 3.84. The van der Waals surface area contributed by atoms with Crippen LogP contribution in [0.2, 0.25) is 5.02 Å². The molecule has 0 saturated carbocycles. The van der Waals surface area contributed by atoms with E-state index in [9.17, 15) is 13.2 Å². The van der Waals surface area contributed by atoms with Crippen LogP contribution in [0.5, 0.6) is 5.75 Å². The number of carbonyl (C=O) groups is 1. The lowest BCUT2D eigenvalue weighted by molar-refractivity contribution is 0.0306. The van der Waals surface area contributed by atoms with Crippen LogP contribution in [0.15, 0.2) is 47.4 Å². The van der Waals surface area contributed by atoms with E-state index in [0.717, 1.165) is 10.1 Å². The largest absolute Gasteiger partial charge is 0.495 e. The van der Waals surface area contributed by atoms with Gasteiger partial charge in [0.1, 0.15) is 5.75 Å². The van der Waals surface area contributed by atoms with Gasteiger partial charge in [0.25, 0.3) is 15.9 Å². The molecule has 1 amide bonds. The van der Waals surface area contributed by atoms with Gasteiger partial charge in [-0.25, -0.2) is 8.42 Å². The Hall–Kier alpha value is -2.33. The first kappa shape index (κ1) is 20.9. The molecule has 0 aliphatic carbocycles. The number of halogens is 1. The van der Waals surface area contributed by atoms with Crippen LogP contribution in [0.4, 0.5) is 5.69 Å². The van der Waals surface area contributed by atoms with Crippen LogP contribution >= 0.6 is 22.9 Å². The lowest BCUT2D eigenvalue weighted by Crippen LogP contribution is -2.40. The highest BCUT2D eigenvalue weighted by molar-refractivity contribution is 7.92. The Bertz CT molecular complexity index is 1200. The van der Waals surface area contributed by atoms with Gasteiger partial charge >= 0.3 is 0 Å². The summed E-state index contributed by atoms with van der Waals surface area (Å²) in [5.41, 5.74) is 0.401. The third kappa shape index (κ3) is 4.24. The SMILES string of the molecule is COc1ccc(S(=O)(=O)Nc2ccc3sc(C(=O)N4CCOCC4)cc3c2)cc1Cl. The molecule has 158 valence electrons. The minimum absolute atomic E-state index is 0.0295. The number of thiophene rings is 1. The van der Waals surface area contributed by atoms with Gasteiger partial charge in [-0.05, 0) is 47.9 Å². The van der Waals surface area contributed by atoms with Crippen LogP contribution in [0.3, 0.4) is 0 Å². The summed E-state index contributed by atoms with van der Waals surface area (Å²) in [6.07, 6.45) is 0. The van der Waals surface area contributed by atoms with Crippen molar-refractivity contribution < 1.29 is 22.7 Å². The highest BCUT2D eigenvalue weighted by Crippen LogP contribution is 2.31. The molecule has 1 aliphatic rings. The summed E-state index contributed by atoms with van der Waals surface area (Å²) in [4.78, 5) is 15.1. The van der Waals surface area contributed by atoms with E-state index in [2.05, 4.69) is 4.72 Å². The number of ether oxygens (including phenoxy) is 2. The second kappa shape index (κ2) is 8.43. The molecule has 1 aliphatic heterocycles. The van der Waals surface area contributed by atoms with Crippen molar-refractivity contribution >= 4 is 54.6 Å². The number of carbonyl (C=O) groups excluding carboxylic acids is 1. The highest BCUT2D eigenvalue weighted by atomic mass is 35.5. The Morgan fingerprint density at radius 3 is 2.63 bits per heavy atom. The number of sulfonamides is 1. The third-order valence-corrected chi connectivity index (χ3v) is 7.49. The van der Waals surface area contributed by atoms with Crippen LogP contribution in [-0.4, -0.2) is 52.6 Å². The molecule has 0 bridgehead atoms. The molecule has 0 radical (unpaired) electrons. The first-order chi connectivity index (χ1) is 14.4. The van der Waals surface area contributed by atoms with E-state index in [4.69, 9.17) is 21.1 Å². The van der Waals surface area contributed by atoms with Crippen LogP contribution in [0.1, 0.15) is 9.67 Å². The van der Waals surface area contributed by atoms with Crippen LogP contribution in [0, 0.1) is 0 Å². The van der Waals surface area contributed by atoms with E-state index in [1.165, 1.54) is 36.6 Å². The smallest absolute Gasteiger partial charge is 0.264 e. The number of hydrogen-bond acceptors (Lipinski definition) is 6. The summed E-state index contributed by atoms with van der Waals surface area (Å²) in [6, 6.07) is 11.2. The first-order valence-electron chi connectivity index (χ1n) is 9.14. The van der Waals surface area contributed by atoms with Gasteiger partial charge < -0.3 is 14.4 Å². The van der Waals surface area contributed by atoms with Crippen LogP contribution < -0.4 is 9.46 Å². The maximum absolute atomic E-state index is 12.7. The van der Waals surface area contributed by atoms with Gasteiger partial charge in [0.05, 0.1) is 35.1 Å². The number of anilines is 1. The molecule has 0 atom stereocenters. The van der Waals surface area contributed by atoms with Gasteiger partial charge in [-0.3, -0.25) is 9.52 Å². The number of rotatable bonds is 5. The van der Waals surface area contributed by atoms with E-state index in [1.54, 1.807) is 29.2 Å².